The third-order valence-corrected chi connectivity index (χ3v) is 4.15. The number of halogens is 1. The molecular formula is C11H16ClN3OS. The van der Waals surface area contributed by atoms with Crippen LogP contribution >= 0.6 is 22.9 Å². The van der Waals surface area contributed by atoms with Gasteiger partial charge in [0.25, 0.3) is 5.91 Å². The number of carbonyl (C=O) groups is 1. The average molecular weight is 274 g/mol. The first-order valence-electron chi connectivity index (χ1n) is 5.76. The van der Waals surface area contributed by atoms with Crippen LogP contribution in [-0.4, -0.2) is 22.1 Å². The van der Waals surface area contributed by atoms with E-state index in [9.17, 15) is 4.79 Å². The number of hydrogen-bond donors (Lipinski definition) is 1. The lowest BCUT2D eigenvalue weighted by atomic mass is 9.75. The SMILES string of the molecule is CC1(C)CCCC(NC(=O)c2nnc(Cl)s2)C1. The molecule has 1 heterocycles. The molecule has 0 spiro atoms. The number of hydrogen-bond acceptors (Lipinski definition) is 4. The Morgan fingerprint density at radius 3 is 2.88 bits per heavy atom. The van der Waals surface area contributed by atoms with Gasteiger partial charge in [-0.05, 0) is 36.3 Å². The van der Waals surface area contributed by atoms with Crippen LogP contribution in [0.15, 0.2) is 0 Å². The van der Waals surface area contributed by atoms with Gasteiger partial charge in [0, 0.05) is 6.04 Å². The predicted molar refractivity (Wildman–Crippen MR) is 68.4 cm³/mol. The summed E-state index contributed by atoms with van der Waals surface area (Å²) in [5.74, 6) is -0.155. The van der Waals surface area contributed by atoms with Crippen molar-refractivity contribution in [2.75, 3.05) is 0 Å². The van der Waals surface area contributed by atoms with Crippen molar-refractivity contribution in [1.82, 2.24) is 15.5 Å². The fraction of sp³-hybridized carbons (Fsp3) is 0.727. The molecule has 4 nitrogen and oxygen atoms in total. The smallest absolute Gasteiger partial charge is 0.282 e. The van der Waals surface area contributed by atoms with E-state index in [2.05, 4.69) is 29.4 Å². The molecule has 1 saturated carbocycles. The molecule has 2 rings (SSSR count). The molecule has 1 aromatic rings. The van der Waals surface area contributed by atoms with Crippen LogP contribution in [0.1, 0.15) is 49.3 Å². The number of aromatic nitrogens is 2. The third-order valence-electron chi connectivity index (χ3n) is 3.13. The second-order valence-corrected chi connectivity index (χ2v) is 6.85. The van der Waals surface area contributed by atoms with Crippen molar-refractivity contribution in [3.63, 3.8) is 0 Å². The topological polar surface area (TPSA) is 54.9 Å². The maximum atomic E-state index is 11.9. The van der Waals surface area contributed by atoms with E-state index in [1.165, 1.54) is 6.42 Å². The molecule has 17 heavy (non-hydrogen) atoms. The van der Waals surface area contributed by atoms with Gasteiger partial charge in [-0.15, -0.1) is 10.2 Å². The fourth-order valence-electron chi connectivity index (χ4n) is 2.37. The first-order valence-corrected chi connectivity index (χ1v) is 6.96. The summed E-state index contributed by atoms with van der Waals surface area (Å²) in [6.07, 6.45) is 4.45. The van der Waals surface area contributed by atoms with Crippen molar-refractivity contribution in [2.45, 2.75) is 45.6 Å². The first kappa shape index (κ1) is 12.8. The van der Waals surface area contributed by atoms with Crippen LogP contribution < -0.4 is 5.32 Å². The van der Waals surface area contributed by atoms with Crippen LogP contribution in [0.2, 0.25) is 4.47 Å². The highest BCUT2D eigenvalue weighted by atomic mass is 35.5. The zero-order valence-electron chi connectivity index (χ0n) is 9.99. The van der Waals surface area contributed by atoms with Crippen LogP contribution in [0, 0.1) is 5.41 Å². The standard InChI is InChI=1S/C11H16ClN3OS/c1-11(2)5-3-4-7(6-11)13-8(16)9-14-15-10(12)17-9/h7H,3-6H2,1-2H3,(H,13,16). The van der Waals surface area contributed by atoms with E-state index in [1.54, 1.807) is 0 Å². The van der Waals surface area contributed by atoms with Crippen molar-refractivity contribution in [3.05, 3.63) is 9.47 Å². The minimum absolute atomic E-state index is 0.155. The Morgan fingerprint density at radius 2 is 2.29 bits per heavy atom. The van der Waals surface area contributed by atoms with Crippen LogP contribution in [0.4, 0.5) is 0 Å². The van der Waals surface area contributed by atoms with Gasteiger partial charge in [-0.25, -0.2) is 0 Å². The second kappa shape index (κ2) is 4.90. The van der Waals surface area contributed by atoms with Crippen LogP contribution in [0.25, 0.3) is 0 Å². The van der Waals surface area contributed by atoms with E-state index in [4.69, 9.17) is 11.6 Å². The molecule has 1 aliphatic rings. The zero-order chi connectivity index (χ0) is 12.5. The number of amides is 1. The summed E-state index contributed by atoms with van der Waals surface area (Å²) in [4.78, 5) is 11.9. The zero-order valence-corrected chi connectivity index (χ0v) is 11.6. The predicted octanol–water partition coefficient (Wildman–Crippen LogP) is 2.89. The Morgan fingerprint density at radius 1 is 1.53 bits per heavy atom. The van der Waals surface area contributed by atoms with Gasteiger partial charge < -0.3 is 5.32 Å². The average Bonchev–Trinajstić information content (AvgIpc) is 2.63. The highest BCUT2D eigenvalue weighted by Gasteiger charge is 2.29. The summed E-state index contributed by atoms with van der Waals surface area (Å²) in [5, 5.41) is 10.7. The molecule has 1 aromatic heterocycles. The Balaban J connectivity index is 1.95. The molecule has 0 saturated heterocycles. The maximum absolute atomic E-state index is 11.9. The molecule has 94 valence electrons. The minimum Gasteiger partial charge on any atom is -0.347 e. The molecule has 1 unspecified atom stereocenters. The number of nitrogens with one attached hydrogen (secondary N) is 1. The van der Waals surface area contributed by atoms with E-state index in [0.29, 0.717) is 14.9 Å². The normalized spacial score (nSPS) is 23.4. The Hall–Kier alpha value is -0.680. The molecule has 1 atom stereocenters. The summed E-state index contributed by atoms with van der Waals surface area (Å²) in [6, 6.07) is 0.244. The lowest BCUT2D eigenvalue weighted by molar-refractivity contribution is 0.0901. The number of rotatable bonds is 2. The molecule has 0 aromatic carbocycles. The van der Waals surface area contributed by atoms with Crippen molar-refractivity contribution in [3.8, 4) is 0 Å². The van der Waals surface area contributed by atoms with E-state index in [1.807, 2.05) is 0 Å². The Kier molecular flexibility index (Phi) is 3.68. The van der Waals surface area contributed by atoms with Crippen molar-refractivity contribution in [2.24, 2.45) is 5.41 Å². The van der Waals surface area contributed by atoms with Crippen molar-refractivity contribution < 1.29 is 4.79 Å². The molecule has 1 N–H and O–H groups in total. The van der Waals surface area contributed by atoms with Crippen LogP contribution in [0.5, 0.6) is 0 Å². The molecule has 1 fully saturated rings. The molecule has 0 radical (unpaired) electrons. The van der Waals surface area contributed by atoms with E-state index >= 15 is 0 Å². The third kappa shape index (κ3) is 3.39. The van der Waals surface area contributed by atoms with Crippen molar-refractivity contribution >= 4 is 28.8 Å². The van der Waals surface area contributed by atoms with Gasteiger partial charge in [0.1, 0.15) is 0 Å². The van der Waals surface area contributed by atoms with E-state index in [0.717, 1.165) is 30.6 Å². The van der Waals surface area contributed by atoms with Gasteiger partial charge in [0.05, 0.1) is 0 Å². The summed E-state index contributed by atoms with van der Waals surface area (Å²) in [7, 11) is 0. The lowest BCUT2D eigenvalue weighted by Crippen LogP contribution is -2.40. The Labute approximate surface area is 110 Å². The van der Waals surface area contributed by atoms with Gasteiger partial charge in [-0.2, -0.15) is 0 Å². The summed E-state index contributed by atoms with van der Waals surface area (Å²) in [5.41, 5.74) is 0.314. The highest BCUT2D eigenvalue weighted by Crippen LogP contribution is 2.35. The van der Waals surface area contributed by atoms with Crippen LogP contribution in [0.3, 0.4) is 0 Å². The molecule has 0 aliphatic heterocycles. The van der Waals surface area contributed by atoms with Gasteiger partial charge in [-0.3, -0.25) is 4.79 Å². The summed E-state index contributed by atoms with van der Waals surface area (Å²) >= 11 is 6.77. The molecule has 6 heteroatoms. The van der Waals surface area contributed by atoms with Gasteiger partial charge in [0.2, 0.25) is 9.47 Å². The number of carbonyl (C=O) groups excluding carboxylic acids is 1. The van der Waals surface area contributed by atoms with Gasteiger partial charge in [0.15, 0.2) is 0 Å². The largest absolute Gasteiger partial charge is 0.347 e. The maximum Gasteiger partial charge on any atom is 0.282 e. The summed E-state index contributed by atoms with van der Waals surface area (Å²) in [6.45, 7) is 4.49. The lowest BCUT2D eigenvalue weighted by Gasteiger charge is -2.35. The van der Waals surface area contributed by atoms with E-state index in [-0.39, 0.29) is 11.9 Å². The first-order chi connectivity index (χ1) is 7.96. The summed E-state index contributed by atoms with van der Waals surface area (Å²) < 4.78 is 0.305. The molecule has 1 amide bonds. The Bertz CT molecular complexity index is 419. The van der Waals surface area contributed by atoms with E-state index < -0.39 is 0 Å². The van der Waals surface area contributed by atoms with Gasteiger partial charge >= 0.3 is 0 Å². The monoisotopic (exact) mass is 273 g/mol. The molecule has 1 aliphatic carbocycles. The second-order valence-electron chi connectivity index (χ2n) is 5.29. The quantitative estimate of drug-likeness (QED) is 0.901. The minimum atomic E-state index is -0.155. The molecular weight excluding hydrogens is 258 g/mol. The van der Waals surface area contributed by atoms with Gasteiger partial charge in [-0.1, -0.05) is 31.6 Å². The number of nitrogens with zero attached hydrogens (tertiary/aromatic N) is 2. The fourth-order valence-corrected chi connectivity index (χ4v) is 3.10. The molecule has 0 bridgehead atoms. The van der Waals surface area contributed by atoms with Crippen molar-refractivity contribution in [1.29, 1.82) is 0 Å². The highest BCUT2D eigenvalue weighted by molar-refractivity contribution is 7.17. The van der Waals surface area contributed by atoms with Crippen LogP contribution in [-0.2, 0) is 0 Å².